The molecule has 1 rings (SSSR count). The number of hydrogen-bond acceptors (Lipinski definition) is 4. The maximum absolute atomic E-state index is 11.4. The van der Waals surface area contributed by atoms with Crippen LogP contribution in [0.5, 0.6) is 0 Å². The van der Waals surface area contributed by atoms with Gasteiger partial charge in [0.05, 0.1) is 5.69 Å². The fourth-order valence-corrected chi connectivity index (χ4v) is 1.53. The Hall–Kier alpha value is -1.92. The van der Waals surface area contributed by atoms with Crippen molar-refractivity contribution in [3.63, 3.8) is 0 Å². The minimum atomic E-state index is -0.785. The van der Waals surface area contributed by atoms with Crippen LogP contribution in [-0.2, 0) is 16.0 Å². The number of carboxylic acids is 1. The Labute approximate surface area is 105 Å². The molecule has 7 heteroatoms. The summed E-state index contributed by atoms with van der Waals surface area (Å²) in [6.45, 7) is 1.74. The van der Waals surface area contributed by atoms with Crippen molar-refractivity contribution in [2.45, 2.75) is 38.6 Å². The topological polar surface area (TPSA) is 97.1 Å². The number of carbonyl (C=O) groups is 2. The summed E-state index contributed by atoms with van der Waals surface area (Å²) in [4.78, 5) is 21.7. The van der Waals surface area contributed by atoms with Gasteiger partial charge in [0.1, 0.15) is 6.04 Å². The monoisotopic (exact) mass is 254 g/mol. The number of amides is 1. The minimum absolute atomic E-state index is 0.127. The van der Waals surface area contributed by atoms with Gasteiger partial charge in [-0.25, -0.2) is 4.68 Å². The lowest BCUT2D eigenvalue weighted by molar-refractivity contribution is -0.137. The van der Waals surface area contributed by atoms with Crippen LogP contribution in [0.15, 0.2) is 6.20 Å². The molecule has 1 aromatic rings. The predicted octanol–water partition coefficient (Wildman–Crippen LogP) is 0.382. The van der Waals surface area contributed by atoms with Crippen LogP contribution in [0.1, 0.15) is 37.9 Å². The third-order valence-electron chi connectivity index (χ3n) is 2.65. The van der Waals surface area contributed by atoms with Crippen molar-refractivity contribution < 1.29 is 14.7 Å². The molecular formula is C11H18N4O3. The summed E-state index contributed by atoms with van der Waals surface area (Å²) in [5, 5.41) is 18.9. The van der Waals surface area contributed by atoms with E-state index in [9.17, 15) is 9.59 Å². The van der Waals surface area contributed by atoms with Crippen LogP contribution in [0.2, 0.25) is 0 Å². The zero-order chi connectivity index (χ0) is 13.5. The van der Waals surface area contributed by atoms with Crippen LogP contribution in [0.4, 0.5) is 0 Å². The van der Waals surface area contributed by atoms with E-state index < -0.39 is 12.0 Å². The quantitative estimate of drug-likeness (QED) is 0.686. The van der Waals surface area contributed by atoms with Gasteiger partial charge in [0, 0.05) is 19.7 Å². The summed E-state index contributed by atoms with van der Waals surface area (Å²) in [5.41, 5.74) is 0.774. The van der Waals surface area contributed by atoms with Crippen LogP contribution >= 0.6 is 0 Å². The summed E-state index contributed by atoms with van der Waals surface area (Å²) >= 11 is 0. The molecule has 2 N–H and O–H groups in total. The zero-order valence-corrected chi connectivity index (χ0v) is 10.6. The molecule has 0 aliphatic rings. The standard InChI is InChI=1S/C11H18N4O3/c1-8(11(18)12-2)15-7-9(13-14-15)5-3-4-6-10(16)17/h7-8H,3-6H2,1-2H3,(H,12,18)(H,16,17). The van der Waals surface area contributed by atoms with Gasteiger partial charge in [0.25, 0.3) is 0 Å². The Morgan fingerprint density at radius 1 is 1.50 bits per heavy atom. The second kappa shape index (κ2) is 6.73. The third-order valence-corrected chi connectivity index (χ3v) is 2.65. The second-order valence-corrected chi connectivity index (χ2v) is 4.08. The van der Waals surface area contributed by atoms with E-state index in [0.29, 0.717) is 12.8 Å². The number of carbonyl (C=O) groups excluding carboxylic acids is 1. The van der Waals surface area contributed by atoms with E-state index in [1.165, 1.54) is 4.68 Å². The first-order chi connectivity index (χ1) is 8.54. The Morgan fingerprint density at radius 3 is 2.83 bits per heavy atom. The highest BCUT2D eigenvalue weighted by Gasteiger charge is 2.14. The van der Waals surface area contributed by atoms with Crippen molar-refractivity contribution >= 4 is 11.9 Å². The molecule has 1 atom stereocenters. The maximum atomic E-state index is 11.4. The van der Waals surface area contributed by atoms with Crippen LogP contribution in [0.25, 0.3) is 0 Å². The molecule has 1 unspecified atom stereocenters. The van der Waals surface area contributed by atoms with Gasteiger partial charge in [-0.3, -0.25) is 9.59 Å². The largest absolute Gasteiger partial charge is 0.481 e. The number of likely N-dealkylation sites (N-methyl/N-ethyl adjacent to an activating group) is 1. The van der Waals surface area contributed by atoms with Gasteiger partial charge in [0.15, 0.2) is 0 Å². The molecule has 0 fully saturated rings. The van der Waals surface area contributed by atoms with Gasteiger partial charge in [0.2, 0.25) is 5.91 Å². The minimum Gasteiger partial charge on any atom is -0.481 e. The van der Waals surface area contributed by atoms with Crippen molar-refractivity contribution in [2.75, 3.05) is 7.05 Å². The molecule has 0 radical (unpaired) electrons. The lowest BCUT2D eigenvalue weighted by Gasteiger charge is -2.08. The van der Waals surface area contributed by atoms with Crippen molar-refractivity contribution in [2.24, 2.45) is 0 Å². The van der Waals surface area contributed by atoms with E-state index in [1.807, 2.05) is 0 Å². The summed E-state index contributed by atoms with van der Waals surface area (Å²) < 4.78 is 1.51. The number of nitrogens with one attached hydrogen (secondary N) is 1. The molecule has 1 aromatic heterocycles. The summed E-state index contributed by atoms with van der Waals surface area (Å²) in [6.07, 6.45) is 3.93. The van der Waals surface area contributed by atoms with E-state index in [0.717, 1.165) is 12.1 Å². The summed E-state index contributed by atoms with van der Waals surface area (Å²) in [5.74, 6) is -0.913. The Morgan fingerprint density at radius 2 is 2.22 bits per heavy atom. The van der Waals surface area contributed by atoms with Crippen LogP contribution in [-0.4, -0.2) is 39.0 Å². The second-order valence-electron chi connectivity index (χ2n) is 4.08. The molecule has 1 amide bonds. The highest BCUT2D eigenvalue weighted by atomic mass is 16.4. The molecule has 1 heterocycles. The highest BCUT2D eigenvalue weighted by molar-refractivity contribution is 5.79. The van der Waals surface area contributed by atoms with Gasteiger partial charge >= 0.3 is 5.97 Å². The van der Waals surface area contributed by atoms with E-state index >= 15 is 0 Å². The first-order valence-corrected chi connectivity index (χ1v) is 5.88. The first kappa shape index (κ1) is 14.1. The Bertz CT molecular complexity index is 416. The van der Waals surface area contributed by atoms with Crippen molar-refractivity contribution in [3.8, 4) is 0 Å². The van der Waals surface area contributed by atoms with E-state index in [4.69, 9.17) is 5.11 Å². The van der Waals surface area contributed by atoms with Crippen molar-refractivity contribution in [1.29, 1.82) is 0 Å². The number of unbranched alkanes of at least 4 members (excludes halogenated alkanes) is 1. The molecule has 0 saturated heterocycles. The van der Waals surface area contributed by atoms with Gasteiger partial charge in [-0.2, -0.15) is 0 Å². The van der Waals surface area contributed by atoms with Gasteiger partial charge in [-0.1, -0.05) is 5.21 Å². The Balaban J connectivity index is 2.43. The average molecular weight is 254 g/mol. The zero-order valence-electron chi connectivity index (χ0n) is 10.6. The normalized spacial score (nSPS) is 12.1. The molecular weight excluding hydrogens is 236 g/mol. The summed E-state index contributed by atoms with van der Waals surface area (Å²) in [7, 11) is 1.57. The smallest absolute Gasteiger partial charge is 0.303 e. The number of aromatic nitrogens is 3. The third kappa shape index (κ3) is 4.15. The summed E-state index contributed by atoms with van der Waals surface area (Å²) in [6, 6.07) is -0.393. The predicted molar refractivity (Wildman–Crippen MR) is 64.0 cm³/mol. The molecule has 0 aromatic carbocycles. The van der Waals surface area contributed by atoms with E-state index in [2.05, 4.69) is 15.6 Å². The fraction of sp³-hybridized carbons (Fsp3) is 0.636. The lowest BCUT2D eigenvalue weighted by atomic mass is 10.1. The maximum Gasteiger partial charge on any atom is 0.303 e. The molecule has 0 spiro atoms. The van der Waals surface area contributed by atoms with Gasteiger partial charge in [-0.05, 0) is 26.2 Å². The van der Waals surface area contributed by atoms with Crippen LogP contribution in [0.3, 0.4) is 0 Å². The van der Waals surface area contributed by atoms with Crippen molar-refractivity contribution in [1.82, 2.24) is 20.3 Å². The van der Waals surface area contributed by atoms with Gasteiger partial charge in [-0.15, -0.1) is 5.10 Å². The number of aliphatic carboxylic acids is 1. The molecule has 100 valence electrons. The van der Waals surface area contributed by atoms with E-state index in [1.54, 1.807) is 20.2 Å². The molecule has 0 bridgehead atoms. The number of hydrogen-bond donors (Lipinski definition) is 2. The molecule has 0 aliphatic carbocycles. The number of aryl methyl sites for hydroxylation is 1. The number of nitrogens with zero attached hydrogens (tertiary/aromatic N) is 3. The Kier molecular flexibility index (Phi) is 5.29. The van der Waals surface area contributed by atoms with E-state index in [-0.39, 0.29) is 12.3 Å². The van der Waals surface area contributed by atoms with Gasteiger partial charge < -0.3 is 10.4 Å². The lowest BCUT2D eigenvalue weighted by Crippen LogP contribution is -2.28. The average Bonchev–Trinajstić information content (AvgIpc) is 2.81. The SMILES string of the molecule is CNC(=O)C(C)n1cc(CCCCC(=O)O)nn1. The fourth-order valence-electron chi connectivity index (χ4n) is 1.53. The van der Waals surface area contributed by atoms with Crippen LogP contribution < -0.4 is 5.32 Å². The van der Waals surface area contributed by atoms with Crippen molar-refractivity contribution in [3.05, 3.63) is 11.9 Å². The number of carboxylic acid groups (broad SMARTS) is 1. The molecule has 7 nitrogen and oxygen atoms in total. The molecule has 18 heavy (non-hydrogen) atoms. The molecule has 0 aliphatic heterocycles. The molecule has 0 saturated carbocycles. The highest BCUT2D eigenvalue weighted by Crippen LogP contribution is 2.07. The first-order valence-electron chi connectivity index (χ1n) is 5.88. The van der Waals surface area contributed by atoms with Crippen LogP contribution in [0, 0.1) is 0 Å². The number of rotatable bonds is 7.